The molecule has 4 heteroatoms. The molecule has 1 aromatic carbocycles. The molecule has 0 N–H and O–H groups in total. The first-order valence-corrected chi connectivity index (χ1v) is 7.49. The van der Waals surface area contributed by atoms with Crippen LogP contribution in [0.5, 0.6) is 5.75 Å². The second-order valence-electron chi connectivity index (χ2n) is 4.78. The summed E-state index contributed by atoms with van der Waals surface area (Å²) in [6.07, 6.45) is 3.30. The van der Waals surface area contributed by atoms with Crippen LogP contribution in [0.1, 0.15) is 23.2 Å². The fourth-order valence-electron chi connectivity index (χ4n) is 1.98. The maximum atomic E-state index is 5.87. The largest absolute Gasteiger partial charge is 0.492 e. The number of ether oxygens (including phenoxy) is 1. The fraction of sp³-hybridized carbons (Fsp3) is 0.353. The van der Waals surface area contributed by atoms with Crippen molar-refractivity contribution in [3.05, 3.63) is 47.3 Å². The van der Waals surface area contributed by atoms with Crippen molar-refractivity contribution in [1.29, 1.82) is 0 Å². The first kappa shape index (κ1) is 15.5. The normalized spacial score (nSPS) is 10.0. The third kappa shape index (κ3) is 4.54. The number of halogens is 1. The van der Waals surface area contributed by atoms with E-state index in [2.05, 4.69) is 16.9 Å². The molecule has 0 spiro atoms. The lowest BCUT2D eigenvalue weighted by Gasteiger charge is -2.09. The van der Waals surface area contributed by atoms with Crippen LogP contribution in [-0.2, 0) is 13.5 Å². The molecule has 2 aromatic rings. The number of alkyl halides is 1. The van der Waals surface area contributed by atoms with Crippen LogP contribution >= 0.6 is 11.6 Å². The third-order valence-electron chi connectivity index (χ3n) is 3.12. The average molecular weight is 303 g/mol. The van der Waals surface area contributed by atoms with Crippen molar-refractivity contribution >= 4 is 11.6 Å². The number of benzene rings is 1. The van der Waals surface area contributed by atoms with Gasteiger partial charge in [-0.15, -0.1) is 11.6 Å². The standard InChI is InChI=1S/C17H19ClN2O/c1-14-6-7-17(15(13-14)5-3-4-10-18)21-12-9-16-8-11-19-20(16)2/h6-8,11,13H,4,9-10,12H2,1-2H3. The maximum Gasteiger partial charge on any atom is 0.134 e. The Bertz CT molecular complexity index is 652. The molecule has 0 radical (unpaired) electrons. The summed E-state index contributed by atoms with van der Waals surface area (Å²) in [4.78, 5) is 0. The van der Waals surface area contributed by atoms with Gasteiger partial charge >= 0.3 is 0 Å². The highest BCUT2D eigenvalue weighted by atomic mass is 35.5. The number of rotatable bonds is 5. The molecule has 0 aliphatic rings. The minimum absolute atomic E-state index is 0.551. The van der Waals surface area contributed by atoms with Crippen LogP contribution < -0.4 is 4.74 Å². The molecule has 0 amide bonds. The Hall–Kier alpha value is -1.92. The monoisotopic (exact) mass is 302 g/mol. The topological polar surface area (TPSA) is 27.1 Å². The van der Waals surface area contributed by atoms with Gasteiger partial charge in [0.15, 0.2) is 0 Å². The molecule has 110 valence electrons. The summed E-state index contributed by atoms with van der Waals surface area (Å²) >= 11 is 5.65. The molecule has 0 unspecified atom stereocenters. The Balaban J connectivity index is 2.02. The Morgan fingerprint density at radius 2 is 2.19 bits per heavy atom. The third-order valence-corrected chi connectivity index (χ3v) is 3.30. The van der Waals surface area contributed by atoms with Crippen molar-refractivity contribution in [2.75, 3.05) is 12.5 Å². The summed E-state index contributed by atoms with van der Waals surface area (Å²) in [6.45, 7) is 2.65. The molecule has 0 atom stereocenters. The van der Waals surface area contributed by atoms with E-state index in [1.54, 1.807) is 6.20 Å². The Kier molecular flexibility index (Phi) is 5.71. The highest BCUT2D eigenvalue weighted by Gasteiger charge is 2.03. The quantitative estimate of drug-likeness (QED) is 0.626. The van der Waals surface area contributed by atoms with E-state index >= 15 is 0 Å². The number of aryl methyl sites for hydroxylation is 2. The zero-order chi connectivity index (χ0) is 15.1. The first-order valence-electron chi connectivity index (χ1n) is 6.96. The molecule has 0 aliphatic carbocycles. The van der Waals surface area contributed by atoms with Crippen molar-refractivity contribution < 1.29 is 4.74 Å². The molecule has 3 nitrogen and oxygen atoms in total. The summed E-state index contributed by atoms with van der Waals surface area (Å²) in [5.41, 5.74) is 3.24. The van der Waals surface area contributed by atoms with Crippen molar-refractivity contribution in [3.8, 4) is 17.6 Å². The van der Waals surface area contributed by atoms with Gasteiger partial charge in [-0.2, -0.15) is 5.10 Å². The van der Waals surface area contributed by atoms with E-state index in [0.29, 0.717) is 18.9 Å². The molecule has 0 bridgehead atoms. The molecular weight excluding hydrogens is 284 g/mol. The molecule has 0 aliphatic heterocycles. The lowest BCUT2D eigenvalue weighted by atomic mass is 10.1. The van der Waals surface area contributed by atoms with Gasteiger partial charge in [0, 0.05) is 37.7 Å². The highest BCUT2D eigenvalue weighted by molar-refractivity contribution is 6.18. The maximum absolute atomic E-state index is 5.87. The molecule has 1 aromatic heterocycles. The molecule has 21 heavy (non-hydrogen) atoms. The Morgan fingerprint density at radius 1 is 1.33 bits per heavy atom. The molecular formula is C17H19ClN2O. The second kappa shape index (κ2) is 7.75. The van der Waals surface area contributed by atoms with E-state index < -0.39 is 0 Å². The predicted molar refractivity (Wildman–Crippen MR) is 85.8 cm³/mol. The van der Waals surface area contributed by atoms with E-state index in [9.17, 15) is 0 Å². The van der Waals surface area contributed by atoms with E-state index in [4.69, 9.17) is 16.3 Å². The number of nitrogens with zero attached hydrogens (tertiary/aromatic N) is 2. The Morgan fingerprint density at radius 3 is 2.90 bits per heavy atom. The molecule has 0 fully saturated rings. The zero-order valence-corrected chi connectivity index (χ0v) is 13.2. The van der Waals surface area contributed by atoms with Crippen molar-refractivity contribution in [2.24, 2.45) is 7.05 Å². The van der Waals surface area contributed by atoms with Gasteiger partial charge in [-0.1, -0.05) is 17.9 Å². The van der Waals surface area contributed by atoms with Crippen LogP contribution in [0.2, 0.25) is 0 Å². The van der Waals surface area contributed by atoms with Crippen molar-refractivity contribution in [2.45, 2.75) is 19.8 Å². The van der Waals surface area contributed by atoms with Gasteiger partial charge in [-0.3, -0.25) is 4.68 Å². The van der Waals surface area contributed by atoms with Crippen molar-refractivity contribution in [1.82, 2.24) is 9.78 Å². The van der Waals surface area contributed by atoms with E-state index in [0.717, 1.165) is 23.4 Å². The van der Waals surface area contributed by atoms with Crippen LogP contribution in [0.3, 0.4) is 0 Å². The van der Waals surface area contributed by atoms with Crippen LogP contribution in [-0.4, -0.2) is 22.3 Å². The number of aromatic nitrogens is 2. The smallest absolute Gasteiger partial charge is 0.134 e. The van der Waals surface area contributed by atoms with Gasteiger partial charge in [-0.05, 0) is 30.7 Å². The molecule has 1 heterocycles. The van der Waals surface area contributed by atoms with Crippen LogP contribution in [0.15, 0.2) is 30.5 Å². The number of hydrogen-bond donors (Lipinski definition) is 0. The lowest BCUT2D eigenvalue weighted by molar-refractivity contribution is 0.317. The summed E-state index contributed by atoms with van der Waals surface area (Å²) < 4.78 is 7.74. The SMILES string of the molecule is Cc1ccc(OCCc2ccnn2C)c(C#CCCCl)c1. The minimum atomic E-state index is 0.551. The van der Waals surface area contributed by atoms with Crippen LogP contribution in [0.25, 0.3) is 0 Å². The van der Waals surface area contributed by atoms with Gasteiger partial charge in [0.2, 0.25) is 0 Å². The van der Waals surface area contributed by atoms with E-state index in [-0.39, 0.29) is 0 Å². The van der Waals surface area contributed by atoms with Gasteiger partial charge in [0.05, 0.1) is 12.2 Å². The second-order valence-corrected chi connectivity index (χ2v) is 5.16. The minimum Gasteiger partial charge on any atom is -0.492 e. The predicted octanol–water partition coefficient (Wildman–Crippen LogP) is 3.33. The fourth-order valence-corrected chi connectivity index (χ4v) is 2.08. The molecule has 0 saturated carbocycles. The summed E-state index contributed by atoms with van der Waals surface area (Å²) in [6, 6.07) is 8.05. The molecule has 2 rings (SSSR count). The van der Waals surface area contributed by atoms with Gasteiger partial charge in [-0.25, -0.2) is 0 Å². The number of hydrogen-bond acceptors (Lipinski definition) is 2. The van der Waals surface area contributed by atoms with Gasteiger partial charge in [0.1, 0.15) is 5.75 Å². The van der Waals surface area contributed by atoms with Gasteiger partial charge in [0.25, 0.3) is 0 Å². The van der Waals surface area contributed by atoms with Crippen molar-refractivity contribution in [3.63, 3.8) is 0 Å². The Labute approximate surface area is 130 Å². The summed E-state index contributed by atoms with van der Waals surface area (Å²) in [7, 11) is 1.93. The van der Waals surface area contributed by atoms with Gasteiger partial charge < -0.3 is 4.74 Å². The van der Waals surface area contributed by atoms with Crippen LogP contribution in [0, 0.1) is 18.8 Å². The lowest BCUT2D eigenvalue weighted by Crippen LogP contribution is -2.06. The zero-order valence-electron chi connectivity index (χ0n) is 12.4. The first-order chi connectivity index (χ1) is 10.2. The average Bonchev–Trinajstić information content (AvgIpc) is 2.87. The van der Waals surface area contributed by atoms with E-state index in [1.807, 2.05) is 42.9 Å². The highest BCUT2D eigenvalue weighted by Crippen LogP contribution is 2.19. The van der Waals surface area contributed by atoms with Crippen LogP contribution in [0.4, 0.5) is 0 Å². The summed E-state index contributed by atoms with van der Waals surface area (Å²) in [5, 5.41) is 4.15. The van der Waals surface area contributed by atoms with E-state index in [1.165, 1.54) is 5.56 Å². The summed E-state index contributed by atoms with van der Waals surface area (Å²) in [5.74, 6) is 7.56. The molecule has 0 saturated heterocycles.